The molecule has 88 valence electrons. The van der Waals surface area contributed by atoms with Gasteiger partial charge in [-0.15, -0.1) is 0 Å². The molecule has 0 N–H and O–H groups in total. The van der Waals surface area contributed by atoms with Crippen LogP contribution in [0.15, 0.2) is 42.0 Å². The molecule has 0 saturated heterocycles. The monoisotopic (exact) mass is 336 g/mol. The van der Waals surface area contributed by atoms with Crippen molar-refractivity contribution < 1.29 is 0 Å². The number of halogens is 1. The second kappa shape index (κ2) is 4.27. The number of benzene rings is 1. The predicted octanol–water partition coefficient (Wildman–Crippen LogP) is 4.74. The van der Waals surface area contributed by atoms with Crippen molar-refractivity contribution in [2.45, 2.75) is 25.7 Å². The number of aryl methyl sites for hydroxylation is 1. The molecule has 0 amide bonds. The molecule has 1 aromatic rings. The van der Waals surface area contributed by atoms with Crippen LogP contribution in [0, 0.1) is 12.8 Å². The van der Waals surface area contributed by atoms with Crippen LogP contribution >= 0.6 is 22.6 Å². The number of allylic oxidation sites excluding steroid dienone is 4. The van der Waals surface area contributed by atoms with E-state index in [2.05, 4.69) is 72.9 Å². The Morgan fingerprint density at radius 2 is 2.00 bits per heavy atom. The van der Waals surface area contributed by atoms with Crippen LogP contribution in [0.3, 0.4) is 0 Å². The third-order valence-electron chi connectivity index (χ3n) is 4.07. The summed E-state index contributed by atoms with van der Waals surface area (Å²) in [6.45, 7) is 4.41. The van der Waals surface area contributed by atoms with Crippen molar-refractivity contribution >= 4 is 22.6 Å². The first-order valence-electron chi connectivity index (χ1n) is 6.23. The smallest absolute Gasteiger partial charge is 0.00932 e. The van der Waals surface area contributed by atoms with Crippen molar-refractivity contribution in [1.29, 1.82) is 0 Å². The molecule has 0 saturated carbocycles. The Labute approximate surface area is 117 Å². The Morgan fingerprint density at radius 3 is 2.76 bits per heavy atom. The van der Waals surface area contributed by atoms with Gasteiger partial charge in [0.1, 0.15) is 0 Å². The van der Waals surface area contributed by atoms with Gasteiger partial charge in [-0.25, -0.2) is 0 Å². The number of fused-ring (bicyclic) bond motifs is 3. The highest BCUT2D eigenvalue weighted by Crippen LogP contribution is 2.50. The lowest BCUT2D eigenvalue weighted by Crippen LogP contribution is -2.12. The minimum Gasteiger partial charge on any atom is -0.0857 e. The molecule has 0 spiro atoms. The van der Waals surface area contributed by atoms with Crippen LogP contribution in [0.25, 0.3) is 0 Å². The molecule has 0 aliphatic heterocycles. The first-order valence-corrected chi connectivity index (χ1v) is 7.76. The van der Waals surface area contributed by atoms with Gasteiger partial charge < -0.3 is 0 Å². The average molecular weight is 336 g/mol. The summed E-state index contributed by atoms with van der Waals surface area (Å²) in [6, 6.07) is 6.99. The molecule has 3 unspecified atom stereocenters. The lowest BCUT2D eigenvalue weighted by atomic mass is 9.83. The first kappa shape index (κ1) is 11.5. The Balaban J connectivity index is 2.13. The number of hydrogen-bond donors (Lipinski definition) is 0. The first-order chi connectivity index (χ1) is 8.20. The van der Waals surface area contributed by atoms with Crippen LogP contribution in [0.2, 0.25) is 0 Å². The Hall–Kier alpha value is -0.570. The van der Waals surface area contributed by atoms with Gasteiger partial charge in [0, 0.05) is 16.3 Å². The molecule has 0 aromatic heterocycles. The van der Waals surface area contributed by atoms with Crippen LogP contribution in [-0.4, -0.2) is 4.43 Å². The summed E-state index contributed by atoms with van der Waals surface area (Å²) < 4.78 is 1.22. The van der Waals surface area contributed by atoms with Gasteiger partial charge in [-0.2, -0.15) is 0 Å². The topological polar surface area (TPSA) is 0 Å². The highest BCUT2D eigenvalue weighted by atomic mass is 127. The van der Waals surface area contributed by atoms with Gasteiger partial charge in [0.15, 0.2) is 0 Å². The number of alkyl halides is 1. The predicted molar refractivity (Wildman–Crippen MR) is 81.9 cm³/mol. The van der Waals surface area contributed by atoms with Gasteiger partial charge in [-0.05, 0) is 30.9 Å². The normalized spacial score (nSPS) is 29.8. The van der Waals surface area contributed by atoms with Crippen LogP contribution in [-0.2, 0) is 0 Å². The maximum Gasteiger partial charge on any atom is 0.00932 e. The Bertz CT molecular complexity index is 510. The van der Waals surface area contributed by atoms with Crippen molar-refractivity contribution in [2.24, 2.45) is 5.92 Å². The zero-order valence-corrected chi connectivity index (χ0v) is 12.4. The minimum atomic E-state index is 0.620. The molecule has 1 heteroatoms. The molecule has 2 aliphatic rings. The maximum absolute atomic E-state index is 2.54. The third-order valence-corrected chi connectivity index (χ3v) is 5.02. The van der Waals surface area contributed by atoms with Crippen molar-refractivity contribution in [2.75, 3.05) is 4.43 Å². The fourth-order valence-electron chi connectivity index (χ4n) is 3.24. The van der Waals surface area contributed by atoms with E-state index >= 15 is 0 Å². The van der Waals surface area contributed by atoms with E-state index in [1.54, 1.807) is 11.1 Å². The van der Waals surface area contributed by atoms with E-state index in [0.717, 1.165) is 0 Å². The zero-order valence-electron chi connectivity index (χ0n) is 10.3. The largest absolute Gasteiger partial charge is 0.0857 e. The van der Waals surface area contributed by atoms with Crippen LogP contribution in [0.1, 0.15) is 35.4 Å². The summed E-state index contributed by atoms with van der Waals surface area (Å²) in [7, 11) is 0. The second-order valence-electron chi connectivity index (χ2n) is 5.27. The molecular weight excluding hydrogens is 319 g/mol. The van der Waals surface area contributed by atoms with Gasteiger partial charge in [0.25, 0.3) is 0 Å². The van der Waals surface area contributed by atoms with E-state index in [0.29, 0.717) is 17.8 Å². The van der Waals surface area contributed by atoms with Gasteiger partial charge in [-0.3, -0.25) is 0 Å². The zero-order chi connectivity index (χ0) is 12.0. The summed E-state index contributed by atoms with van der Waals surface area (Å²) in [5.41, 5.74) is 5.96. The summed E-state index contributed by atoms with van der Waals surface area (Å²) in [5.74, 6) is 2.01. The van der Waals surface area contributed by atoms with E-state index in [1.165, 1.54) is 15.6 Å². The lowest BCUT2D eigenvalue weighted by Gasteiger charge is -2.22. The van der Waals surface area contributed by atoms with Crippen molar-refractivity contribution in [3.05, 3.63) is 58.7 Å². The molecule has 0 nitrogen and oxygen atoms in total. The highest BCUT2D eigenvalue weighted by molar-refractivity contribution is 14.1. The summed E-state index contributed by atoms with van der Waals surface area (Å²) >= 11 is 2.54. The fourth-order valence-corrected chi connectivity index (χ4v) is 4.30. The Morgan fingerprint density at radius 1 is 1.18 bits per heavy atom. The maximum atomic E-state index is 2.54. The average Bonchev–Trinajstić information content (AvgIpc) is 2.60. The number of rotatable bonds is 1. The van der Waals surface area contributed by atoms with Gasteiger partial charge in [0.05, 0.1) is 0 Å². The number of hydrogen-bond acceptors (Lipinski definition) is 0. The Kier molecular flexibility index (Phi) is 2.89. The molecule has 0 fully saturated rings. The SMILES string of the molecule is CC1=CC2C(C=C1)c1ccc(C)cc1C2CI. The fraction of sp³-hybridized carbons (Fsp3) is 0.375. The van der Waals surface area contributed by atoms with E-state index in [-0.39, 0.29) is 0 Å². The molecule has 0 heterocycles. The van der Waals surface area contributed by atoms with E-state index in [9.17, 15) is 0 Å². The van der Waals surface area contributed by atoms with Crippen molar-refractivity contribution in [3.8, 4) is 0 Å². The molecular formula is C16H17I. The standard InChI is InChI=1S/C16H17I/c1-10-3-5-12-13-6-4-11(2)8-15(13)16(9-17)14(12)7-10/h3-8,12,14,16H,9H2,1-2H3. The highest BCUT2D eigenvalue weighted by Gasteiger charge is 2.38. The minimum absolute atomic E-state index is 0.620. The van der Waals surface area contributed by atoms with Crippen molar-refractivity contribution in [3.63, 3.8) is 0 Å². The second-order valence-corrected chi connectivity index (χ2v) is 6.15. The van der Waals surface area contributed by atoms with Gasteiger partial charge in [-0.1, -0.05) is 70.2 Å². The molecule has 3 atom stereocenters. The molecule has 1 aromatic carbocycles. The van der Waals surface area contributed by atoms with E-state index in [1.807, 2.05) is 0 Å². The van der Waals surface area contributed by atoms with E-state index < -0.39 is 0 Å². The molecule has 2 aliphatic carbocycles. The van der Waals surface area contributed by atoms with Gasteiger partial charge in [0.2, 0.25) is 0 Å². The summed E-state index contributed by atoms with van der Waals surface area (Å²) in [4.78, 5) is 0. The van der Waals surface area contributed by atoms with Crippen LogP contribution < -0.4 is 0 Å². The molecule has 17 heavy (non-hydrogen) atoms. The molecule has 0 bridgehead atoms. The van der Waals surface area contributed by atoms with Crippen molar-refractivity contribution in [1.82, 2.24) is 0 Å². The molecule has 3 rings (SSSR count). The quantitative estimate of drug-likeness (QED) is 0.513. The van der Waals surface area contributed by atoms with Crippen LogP contribution in [0.5, 0.6) is 0 Å². The lowest BCUT2D eigenvalue weighted by molar-refractivity contribution is 0.550. The third kappa shape index (κ3) is 1.79. The van der Waals surface area contributed by atoms with Gasteiger partial charge >= 0.3 is 0 Å². The summed E-state index contributed by atoms with van der Waals surface area (Å²) in [6.07, 6.45) is 7.16. The summed E-state index contributed by atoms with van der Waals surface area (Å²) in [5, 5.41) is 0. The van der Waals surface area contributed by atoms with E-state index in [4.69, 9.17) is 0 Å². The van der Waals surface area contributed by atoms with Crippen LogP contribution in [0.4, 0.5) is 0 Å². The molecule has 0 radical (unpaired) electrons.